The number of hydrogen-bond acceptors (Lipinski definition) is 3. The highest BCUT2D eigenvalue weighted by Crippen LogP contribution is 2.23. The molecule has 0 saturated carbocycles. The van der Waals surface area contributed by atoms with Gasteiger partial charge in [-0.15, -0.1) is 0 Å². The Hall–Kier alpha value is -2.30. The molecule has 0 atom stereocenters. The van der Waals surface area contributed by atoms with Crippen molar-refractivity contribution in [3.8, 4) is 5.75 Å². The predicted molar refractivity (Wildman–Crippen MR) is 74.9 cm³/mol. The van der Waals surface area contributed by atoms with Crippen molar-refractivity contribution in [1.29, 1.82) is 0 Å². The first-order chi connectivity index (χ1) is 9.56. The quantitative estimate of drug-likeness (QED) is 0.582. The number of nitrogens with one attached hydrogen (secondary N) is 1. The number of phenolic OH excluding ortho intramolecular Hbond substituents is 1. The first-order valence-electron chi connectivity index (χ1n) is 6.60. The number of hydrogen-bond donors (Lipinski definition) is 3. The molecule has 0 spiro atoms. The van der Waals surface area contributed by atoms with Crippen LogP contribution in [0.5, 0.6) is 5.75 Å². The van der Waals surface area contributed by atoms with E-state index in [-0.39, 0.29) is 22.9 Å². The van der Waals surface area contributed by atoms with Crippen molar-refractivity contribution in [1.82, 2.24) is 0 Å². The van der Waals surface area contributed by atoms with Gasteiger partial charge in [-0.1, -0.05) is 11.6 Å². The fraction of sp³-hybridized carbons (Fsp3) is 0.333. The molecule has 5 nitrogen and oxygen atoms in total. The molecule has 0 aliphatic heterocycles. The zero-order chi connectivity index (χ0) is 14.5. The van der Waals surface area contributed by atoms with Crippen LogP contribution in [-0.4, -0.2) is 22.1 Å². The Kier molecular flexibility index (Phi) is 4.40. The van der Waals surface area contributed by atoms with Gasteiger partial charge in [-0.2, -0.15) is 0 Å². The molecule has 2 rings (SSSR count). The van der Waals surface area contributed by atoms with Crippen molar-refractivity contribution >= 4 is 17.6 Å². The molecule has 1 aromatic carbocycles. The van der Waals surface area contributed by atoms with Gasteiger partial charge in [0.05, 0.1) is 11.3 Å². The molecule has 1 aliphatic carbocycles. The maximum Gasteiger partial charge on any atom is 0.337 e. The highest BCUT2D eigenvalue weighted by Gasteiger charge is 2.15. The Labute approximate surface area is 116 Å². The molecule has 3 N–H and O–H groups in total. The molecule has 0 radical (unpaired) electrons. The van der Waals surface area contributed by atoms with Crippen LogP contribution in [0, 0.1) is 0 Å². The van der Waals surface area contributed by atoms with E-state index >= 15 is 0 Å². The van der Waals surface area contributed by atoms with Crippen LogP contribution < -0.4 is 5.32 Å². The number of allylic oxidation sites excluding steroid dienone is 1. The van der Waals surface area contributed by atoms with Gasteiger partial charge in [0.1, 0.15) is 5.75 Å². The van der Waals surface area contributed by atoms with Gasteiger partial charge < -0.3 is 15.5 Å². The molecule has 1 aromatic rings. The molecule has 1 amide bonds. The zero-order valence-electron chi connectivity index (χ0n) is 11.1. The molecule has 1 aliphatic rings. The number of rotatable bonds is 4. The number of amides is 1. The minimum atomic E-state index is -1.19. The highest BCUT2D eigenvalue weighted by molar-refractivity contribution is 6.01. The van der Waals surface area contributed by atoms with Crippen molar-refractivity contribution in [3.63, 3.8) is 0 Å². The molecule has 0 saturated heterocycles. The maximum absolute atomic E-state index is 11.9. The molecule has 5 heteroatoms. The minimum Gasteiger partial charge on any atom is -0.508 e. The van der Waals surface area contributed by atoms with Crippen LogP contribution in [0.15, 0.2) is 29.8 Å². The third kappa shape index (κ3) is 3.60. The predicted octanol–water partition coefficient (Wildman–Crippen LogP) is 2.92. The summed E-state index contributed by atoms with van der Waals surface area (Å²) in [6.45, 7) is 0. The lowest BCUT2D eigenvalue weighted by Gasteiger charge is -2.13. The average Bonchev–Trinajstić information content (AvgIpc) is 2.41. The van der Waals surface area contributed by atoms with Crippen LogP contribution in [0.1, 0.15) is 42.5 Å². The second-order valence-corrected chi connectivity index (χ2v) is 4.87. The zero-order valence-corrected chi connectivity index (χ0v) is 11.1. The topological polar surface area (TPSA) is 86.6 Å². The number of carbonyl (C=O) groups excluding carboxylic acids is 1. The first kappa shape index (κ1) is 14.1. The Morgan fingerprint density at radius 2 is 2.05 bits per heavy atom. The van der Waals surface area contributed by atoms with Gasteiger partial charge >= 0.3 is 5.97 Å². The summed E-state index contributed by atoms with van der Waals surface area (Å²) < 4.78 is 0. The second kappa shape index (κ2) is 6.23. The van der Waals surface area contributed by atoms with Gasteiger partial charge in [0.25, 0.3) is 0 Å². The van der Waals surface area contributed by atoms with Crippen LogP contribution in [0.3, 0.4) is 0 Å². The van der Waals surface area contributed by atoms with Gasteiger partial charge in [-0.05, 0) is 43.9 Å². The largest absolute Gasteiger partial charge is 0.508 e. The summed E-state index contributed by atoms with van der Waals surface area (Å²) in [5.41, 5.74) is 1.19. The normalized spacial score (nSPS) is 14.5. The molecule has 0 unspecified atom stereocenters. The lowest BCUT2D eigenvalue weighted by molar-refractivity contribution is -0.115. The standard InChI is InChI=1S/C15H17NO4/c17-11-6-7-13(12(9-11)15(19)20)16-14(18)8-10-4-2-1-3-5-10/h4,6-7,9,17H,1-3,5,8H2,(H,16,18)(H,19,20). The third-order valence-corrected chi connectivity index (χ3v) is 3.28. The van der Waals surface area contributed by atoms with Gasteiger partial charge in [0.15, 0.2) is 0 Å². The summed E-state index contributed by atoms with van der Waals surface area (Å²) in [4.78, 5) is 23.0. The van der Waals surface area contributed by atoms with Crippen molar-refractivity contribution in [3.05, 3.63) is 35.4 Å². The number of aromatic hydroxyl groups is 1. The smallest absolute Gasteiger partial charge is 0.337 e. The summed E-state index contributed by atoms with van der Waals surface area (Å²) in [6.07, 6.45) is 6.56. The van der Waals surface area contributed by atoms with Crippen LogP contribution >= 0.6 is 0 Å². The number of carbonyl (C=O) groups is 2. The van der Waals surface area contributed by atoms with E-state index in [0.717, 1.165) is 37.3 Å². The van der Waals surface area contributed by atoms with Crippen molar-refractivity contribution in [2.75, 3.05) is 5.32 Å². The Bertz CT molecular complexity index is 563. The number of carboxylic acids is 1. The van der Waals surface area contributed by atoms with E-state index in [9.17, 15) is 14.7 Å². The van der Waals surface area contributed by atoms with Crippen LogP contribution in [0.25, 0.3) is 0 Å². The number of carboxylic acid groups (broad SMARTS) is 1. The maximum atomic E-state index is 11.9. The Morgan fingerprint density at radius 3 is 2.70 bits per heavy atom. The highest BCUT2D eigenvalue weighted by atomic mass is 16.4. The summed E-state index contributed by atoms with van der Waals surface area (Å²) in [7, 11) is 0. The summed E-state index contributed by atoms with van der Waals surface area (Å²) in [5, 5.41) is 20.9. The Balaban J connectivity index is 2.07. The van der Waals surface area contributed by atoms with Crippen molar-refractivity contribution in [2.45, 2.75) is 32.1 Å². The van der Waals surface area contributed by atoms with E-state index in [1.54, 1.807) is 0 Å². The van der Waals surface area contributed by atoms with E-state index in [4.69, 9.17) is 5.11 Å². The number of anilines is 1. The SMILES string of the molecule is O=C(CC1=CCCCC1)Nc1ccc(O)cc1C(=O)O. The van der Waals surface area contributed by atoms with Crippen LogP contribution in [0.4, 0.5) is 5.69 Å². The fourth-order valence-electron chi connectivity index (χ4n) is 2.28. The van der Waals surface area contributed by atoms with Crippen molar-refractivity contribution < 1.29 is 19.8 Å². The second-order valence-electron chi connectivity index (χ2n) is 4.87. The van der Waals surface area contributed by atoms with E-state index in [1.807, 2.05) is 0 Å². The first-order valence-corrected chi connectivity index (χ1v) is 6.60. The summed E-state index contributed by atoms with van der Waals surface area (Å²) in [5.74, 6) is -1.56. The molecule has 0 bridgehead atoms. The molecular formula is C15H17NO4. The van der Waals surface area contributed by atoms with E-state index in [2.05, 4.69) is 11.4 Å². The number of benzene rings is 1. The van der Waals surface area contributed by atoms with Gasteiger partial charge in [-0.3, -0.25) is 4.79 Å². The average molecular weight is 275 g/mol. The molecule has 0 fully saturated rings. The van der Waals surface area contributed by atoms with E-state index < -0.39 is 5.97 Å². The molecule has 20 heavy (non-hydrogen) atoms. The number of phenols is 1. The molecule has 106 valence electrons. The van der Waals surface area contributed by atoms with Crippen molar-refractivity contribution in [2.24, 2.45) is 0 Å². The number of aromatic carboxylic acids is 1. The lowest BCUT2D eigenvalue weighted by Crippen LogP contribution is -2.15. The summed E-state index contributed by atoms with van der Waals surface area (Å²) >= 11 is 0. The van der Waals surface area contributed by atoms with Gasteiger partial charge in [0, 0.05) is 6.42 Å². The van der Waals surface area contributed by atoms with Crippen LogP contribution in [0.2, 0.25) is 0 Å². The minimum absolute atomic E-state index is 0.115. The molecule has 0 heterocycles. The van der Waals surface area contributed by atoms with Gasteiger partial charge in [0.2, 0.25) is 5.91 Å². The fourth-order valence-corrected chi connectivity index (χ4v) is 2.28. The van der Waals surface area contributed by atoms with Gasteiger partial charge in [-0.25, -0.2) is 4.79 Å². The summed E-state index contributed by atoms with van der Waals surface area (Å²) in [6, 6.07) is 3.87. The monoisotopic (exact) mass is 275 g/mol. The third-order valence-electron chi connectivity index (χ3n) is 3.28. The molecule has 0 aromatic heterocycles. The Morgan fingerprint density at radius 1 is 1.25 bits per heavy atom. The lowest BCUT2D eigenvalue weighted by atomic mass is 9.97. The van der Waals surface area contributed by atoms with E-state index in [0.29, 0.717) is 6.42 Å². The molecular weight excluding hydrogens is 258 g/mol. The van der Waals surface area contributed by atoms with E-state index in [1.165, 1.54) is 12.1 Å². The van der Waals surface area contributed by atoms with Crippen LogP contribution in [-0.2, 0) is 4.79 Å².